The number of hydrogen-bond acceptors (Lipinski definition) is 5. The topological polar surface area (TPSA) is 67.9 Å². The minimum Gasteiger partial charge on any atom is -0.497 e. The van der Waals surface area contributed by atoms with E-state index in [-0.39, 0.29) is 17.2 Å². The lowest BCUT2D eigenvalue weighted by molar-refractivity contribution is -0.115. The highest BCUT2D eigenvalue weighted by Gasteiger charge is 2.34. The number of thioether (sulfide) groups is 1. The Balaban J connectivity index is 1.57. The Morgan fingerprint density at radius 3 is 2.36 bits per heavy atom. The molecule has 0 radical (unpaired) electrons. The number of benzene rings is 3. The molecule has 1 heterocycles. The summed E-state index contributed by atoms with van der Waals surface area (Å²) < 4.78 is 10.5. The molecule has 0 spiro atoms. The summed E-state index contributed by atoms with van der Waals surface area (Å²) in [6.07, 6.45) is 0.952. The summed E-state index contributed by atoms with van der Waals surface area (Å²) in [5.41, 5.74) is 4.14. The summed E-state index contributed by atoms with van der Waals surface area (Å²) in [7, 11) is 3.09. The van der Waals surface area contributed by atoms with Crippen molar-refractivity contribution in [3.05, 3.63) is 83.4 Å². The highest BCUT2D eigenvalue weighted by atomic mass is 32.2. The molecule has 1 aliphatic heterocycles. The summed E-state index contributed by atoms with van der Waals surface area (Å²) in [6, 6.07) is 20.8. The van der Waals surface area contributed by atoms with Crippen molar-refractivity contribution in [2.45, 2.75) is 18.7 Å². The van der Waals surface area contributed by atoms with Crippen molar-refractivity contribution in [3.8, 4) is 11.5 Å². The van der Waals surface area contributed by atoms with E-state index in [0.717, 1.165) is 17.7 Å². The fraction of sp³-hybridized carbons (Fsp3) is 0.231. The SMILES string of the molecule is CCc1ccc(N2C(=O)CSC2c2cccc(NC(=O)c3cc(OC)cc(OC)c3)c2)cc1. The van der Waals surface area contributed by atoms with Crippen molar-refractivity contribution in [2.75, 3.05) is 30.2 Å². The number of nitrogens with one attached hydrogen (secondary N) is 1. The fourth-order valence-corrected chi connectivity index (χ4v) is 4.92. The van der Waals surface area contributed by atoms with Crippen LogP contribution in [0, 0.1) is 0 Å². The zero-order valence-corrected chi connectivity index (χ0v) is 19.6. The van der Waals surface area contributed by atoms with E-state index in [1.807, 2.05) is 41.3 Å². The van der Waals surface area contributed by atoms with Crippen LogP contribution in [0.2, 0.25) is 0 Å². The number of ether oxygens (including phenoxy) is 2. The van der Waals surface area contributed by atoms with Gasteiger partial charge in [0.2, 0.25) is 5.91 Å². The summed E-state index contributed by atoms with van der Waals surface area (Å²) >= 11 is 1.58. The molecule has 0 saturated carbocycles. The van der Waals surface area contributed by atoms with Crippen LogP contribution in [0.25, 0.3) is 0 Å². The summed E-state index contributed by atoms with van der Waals surface area (Å²) in [5, 5.41) is 2.79. The molecule has 4 rings (SSSR count). The van der Waals surface area contributed by atoms with Gasteiger partial charge in [0.25, 0.3) is 5.91 Å². The zero-order chi connectivity index (χ0) is 23.4. The molecule has 1 atom stereocenters. The van der Waals surface area contributed by atoms with Crippen LogP contribution in [0.1, 0.15) is 33.8 Å². The van der Waals surface area contributed by atoms with Crippen LogP contribution in [0.5, 0.6) is 11.5 Å². The maximum atomic E-state index is 12.9. The van der Waals surface area contributed by atoms with Gasteiger partial charge in [0.05, 0.1) is 20.0 Å². The molecule has 170 valence electrons. The van der Waals surface area contributed by atoms with Crippen LogP contribution < -0.4 is 19.7 Å². The Morgan fingerprint density at radius 2 is 1.73 bits per heavy atom. The van der Waals surface area contributed by atoms with Gasteiger partial charge in [0.15, 0.2) is 0 Å². The van der Waals surface area contributed by atoms with Gasteiger partial charge in [-0.2, -0.15) is 0 Å². The number of amides is 2. The minimum atomic E-state index is -0.272. The first-order valence-corrected chi connectivity index (χ1v) is 11.7. The van der Waals surface area contributed by atoms with Gasteiger partial charge in [-0.25, -0.2) is 0 Å². The van der Waals surface area contributed by atoms with Gasteiger partial charge in [-0.3, -0.25) is 14.5 Å². The molecule has 6 nitrogen and oxygen atoms in total. The quantitative estimate of drug-likeness (QED) is 0.516. The third kappa shape index (κ3) is 4.98. The highest BCUT2D eigenvalue weighted by Crippen LogP contribution is 2.42. The van der Waals surface area contributed by atoms with Gasteiger partial charge in [-0.1, -0.05) is 31.2 Å². The Labute approximate surface area is 197 Å². The number of rotatable bonds is 7. The van der Waals surface area contributed by atoms with E-state index in [0.29, 0.717) is 28.5 Å². The number of nitrogens with zero attached hydrogens (tertiary/aromatic N) is 1. The van der Waals surface area contributed by atoms with Crippen molar-refractivity contribution in [1.29, 1.82) is 0 Å². The minimum absolute atomic E-state index is 0.0761. The Hall–Kier alpha value is -3.45. The van der Waals surface area contributed by atoms with Crippen LogP contribution >= 0.6 is 11.8 Å². The second-order valence-electron chi connectivity index (χ2n) is 7.63. The molecule has 0 bridgehead atoms. The molecule has 1 fully saturated rings. The predicted octanol–water partition coefficient (Wildman–Crippen LogP) is 5.30. The number of carbonyl (C=O) groups is 2. The second kappa shape index (κ2) is 10.0. The van der Waals surface area contributed by atoms with E-state index in [9.17, 15) is 9.59 Å². The average molecular weight is 463 g/mol. The highest BCUT2D eigenvalue weighted by molar-refractivity contribution is 8.00. The van der Waals surface area contributed by atoms with E-state index in [4.69, 9.17) is 9.47 Å². The largest absolute Gasteiger partial charge is 0.497 e. The first kappa shape index (κ1) is 22.7. The molecule has 7 heteroatoms. The van der Waals surface area contributed by atoms with Crippen molar-refractivity contribution < 1.29 is 19.1 Å². The molecular formula is C26H26N2O4S. The molecule has 0 aromatic heterocycles. The molecule has 2 amide bonds. The third-order valence-electron chi connectivity index (χ3n) is 5.53. The van der Waals surface area contributed by atoms with Crippen LogP contribution in [0.15, 0.2) is 66.7 Å². The molecule has 1 unspecified atom stereocenters. The van der Waals surface area contributed by atoms with E-state index >= 15 is 0 Å². The van der Waals surface area contributed by atoms with Crippen molar-refractivity contribution in [3.63, 3.8) is 0 Å². The van der Waals surface area contributed by atoms with Gasteiger partial charge in [-0.15, -0.1) is 11.8 Å². The normalized spacial score (nSPS) is 15.4. The van der Waals surface area contributed by atoms with E-state index in [2.05, 4.69) is 24.4 Å². The van der Waals surface area contributed by atoms with Crippen LogP contribution in [0.4, 0.5) is 11.4 Å². The predicted molar refractivity (Wildman–Crippen MR) is 132 cm³/mol. The van der Waals surface area contributed by atoms with Crippen molar-refractivity contribution in [2.24, 2.45) is 0 Å². The van der Waals surface area contributed by atoms with Gasteiger partial charge < -0.3 is 14.8 Å². The van der Waals surface area contributed by atoms with Gasteiger partial charge in [0.1, 0.15) is 16.9 Å². The lowest BCUT2D eigenvalue weighted by Crippen LogP contribution is -2.27. The smallest absolute Gasteiger partial charge is 0.255 e. The molecular weight excluding hydrogens is 436 g/mol. The first-order valence-electron chi connectivity index (χ1n) is 10.7. The second-order valence-corrected chi connectivity index (χ2v) is 8.70. The number of carbonyl (C=O) groups excluding carboxylic acids is 2. The molecule has 3 aromatic rings. The average Bonchev–Trinajstić information content (AvgIpc) is 3.25. The molecule has 3 aromatic carbocycles. The number of hydrogen-bond donors (Lipinski definition) is 1. The van der Waals surface area contributed by atoms with Crippen LogP contribution in [0.3, 0.4) is 0 Å². The fourth-order valence-electron chi connectivity index (χ4n) is 3.75. The van der Waals surface area contributed by atoms with Crippen LogP contribution in [-0.2, 0) is 11.2 Å². The maximum Gasteiger partial charge on any atom is 0.255 e. The van der Waals surface area contributed by atoms with Gasteiger partial charge in [-0.05, 0) is 53.9 Å². The van der Waals surface area contributed by atoms with E-state index in [1.165, 1.54) is 5.56 Å². The van der Waals surface area contributed by atoms with Gasteiger partial charge in [0, 0.05) is 23.0 Å². The molecule has 33 heavy (non-hydrogen) atoms. The van der Waals surface area contributed by atoms with Crippen LogP contribution in [-0.4, -0.2) is 31.8 Å². The summed E-state index contributed by atoms with van der Waals surface area (Å²) in [4.78, 5) is 27.4. The number of anilines is 2. The third-order valence-corrected chi connectivity index (χ3v) is 6.75. The molecule has 1 saturated heterocycles. The maximum absolute atomic E-state index is 12.9. The Bertz CT molecular complexity index is 1140. The Kier molecular flexibility index (Phi) is 6.89. The lowest BCUT2D eigenvalue weighted by Gasteiger charge is -2.25. The summed E-state index contributed by atoms with van der Waals surface area (Å²) in [5.74, 6) is 1.30. The van der Waals surface area contributed by atoms with E-state index < -0.39 is 0 Å². The van der Waals surface area contributed by atoms with E-state index in [1.54, 1.807) is 44.2 Å². The summed E-state index contributed by atoms with van der Waals surface area (Å²) in [6.45, 7) is 2.11. The first-order chi connectivity index (χ1) is 16.0. The number of aryl methyl sites for hydroxylation is 1. The lowest BCUT2D eigenvalue weighted by atomic mass is 10.1. The monoisotopic (exact) mass is 462 g/mol. The Morgan fingerprint density at radius 1 is 1.03 bits per heavy atom. The van der Waals surface area contributed by atoms with Crippen molar-refractivity contribution >= 4 is 35.0 Å². The van der Waals surface area contributed by atoms with Crippen molar-refractivity contribution in [1.82, 2.24) is 0 Å². The molecule has 0 aliphatic carbocycles. The standard InChI is InChI=1S/C26H26N2O4S/c1-4-17-8-10-21(11-9-17)28-24(29)16-33-26(28)18-6-5-7-20(12-18)27-25(30)19-13-22(31-2)15-23(14-19)32-3/h5-15,26H,4,16H2,1-3H3,(H,27,30). The zero-order valence-electron chi connectivity index (χ0n) is 18.8. The number of methoxy groups -OCH3 is 2. The van der Waals surface area contributed by atoms with Gasteiger partial charge >= 0.3 is 0 Å². The molecule has 1 aliphatic rings. The molecule has 1 N–H and O–H groups in total.